The number of carbonyl (C=O) groups is 1. The number of nitrogens with one attached hydrogen (secondary N) is 1. The van der Waals surface area contributed by atoms with Crippen molar-refractivity contribution in [2.45, 2.75) is 32.4 Å². The topological polar surface area (TPSA) is 60.5 Å². The Morgan fingerprint density at radius 3 is 3.28 bits per heavy atom. The third-order valence-electron chi connectivity index (χ3n) is 2.81. The van der Waals surface area contributed by atoms with Crippen molar-refractivity contribution < 1.29 is 14.3 Å². The molecule has 0 aliphatic carbocycles. The molecule has 0 unspecified atom stereocenters. The van der Waals surface area contributed by atoms with Gasteiger partial charge in [0.2, 0.25) is 11.8 Å². The number of pyridine rings is 1. The number of aromatic nitrogens is 1. The minimum Gasteiger partial charge on any atom is -0.478 e. The van der Waals surface area contributed by atoms with E-state index in [4.69, 9.17) is 9.47 Å². The van der Waals surface area contributed by atoms with Gasteiger partial charge in [-0.05, 0) is 25.8 Å². The number of carbonyl (C=O) groups excluding carboxylic acids is 1. The van der Waals surface area contributed by atoms with Gasteiger partial charge in [-0.2, -0.15) is 0 Å². The minimum atomic E-state index is -0.294. The average molecular weight is 250 g/mol. The lowest BCUT2D eigenvalue weighted by atomic mass is 10.2. The summed E-state index contributed by atoms with van der Waals surface area (Å²) in [4.78, 5) is 15.9. The molecule has 2 rings (SSSR count). The lowest BCUT2D eigenvalue weighted by molar-refractivity contribution is -0.130. The molecule has 1 aliphatic heterocycles. The molecule has 5 nitrogen and oxygen atoms in total. The average Bonchev–Trinajstić information content (AvgIpc) is 2.92. The van der Waals surface area contributed by atoms with E-state index in [9.17, 15) is 4.79 Å². The first kappa shape index (κ1) is 12.8. The number of hydrogen-bond donors (Lipinski definition) is 1. The van der Waals surface area contributed by atoms with Gasteiger partial charge in [-0.25, -0.2) is 4.98 Å². The van der Waals surface area contributed by atoms with Crippen LogP contribution in [0.3, 0.4) is 0 Å². The van der Waals surface area contributed by atoms with Crippen molar-refractivity contribution in [1.29, 1.82) is 0 Å². The maximum Gasteiger partial charge on any atom is 0.249 e. The van der Waals surface area contributed by atoms with E-state index in [0.29, 0.717) is 25.6 Å². The second-order valence-electron chi connectivity index (χ2n) is 4.12. The van der Waals surface area contributed by atoms with Gasteiger partial charge in [-0.1, -0.05) is 6.07 Å². The quantitative estimate of drug-likeness (QED) is 0.855. The van der Waals surface area contributed by atoms with Gasteiger partial charge in [0.25, 0.3) is 0 Å². The van der Waals surface area contributed by atoms with Crippen LogP contribution in [0.5, 0.6) is 5.88 Å². The van der Waals surface area contributed by atoms with Crippen LogP contribution in [0, 0.1) is 0 Å². The van der Waals surface area contributed by atoms with Crippen LogP contribution in [0.15, 0.2) is 18.3 Å². The molecule has 0 radical (unpaired) electrons. The second-order valence-corrected chi connectivity index (χ2v) is 4.12. The Morgan fingerprint density at radius 1 is 1.67 bits per heavy atom. The minimum absolute atomic E-state index is 0.0567. The number of ether oxygens (including phenoxy) is 2. The molecule has 1 atom stereocenters. The Hall–Kier alpha value is -1.62. The first-order valence-electron chi connectivity index (χ1n) is 6.27. The summed E-state index contributed by atoms with van der Waals surface area (Å²) >= 11 is 0. The Bertz CT molecular complexity index is 403. The van der Waals surface area contributed by atoms with Crippen LogP contribution in [-0.4, -0.2) is 30.2 Å². The zero-order valence-electron chi connectivity index (χ0n) is 10.5. The van der Waals surface area contributed by atoms with Gasteiger partial charge >= 0.3 is 0 Å². The Morgan fingerprint density at radius 2 is 2.56 bits per heavy atom. The van der Waals surface area contributed by atoms with E-state index in [1.165, 1.54) is 0 Å². The van der Waals surface area contributed by atoms with Crippen molar-refractivity contribution in [2.75, 3.05) is 13.2 Å². The summed E-state index contributed by atoms with van der Waals surface area (Å²) < 4.78 is 10.7. The summed E-state index contributed by atoms with van der Waals surface area (Å²) in [5, 5.41) is 2.86. The number of rotatable bonds is 5. The van der Waals surface area contributed by atoms with Crippen molar-refractivity contribution in [1.82, 2.24) is 10.3 Å². The molecule has 1 aromatic rings. The Balaban J connectivity index is 1.90. The van der Waals surface area contributed by atoms with Crippen molar-refractivity contribution >= 4 is 5.91 Å². The van der Waals surface area contributed by atoms with E-state index in [1.807, 2.05) is 19.1 Å². The molecule has 18 heavy (non-hydrogen) atoms. The van der Waals surface area contributed by atoms with Gasteiger partial charge < -0.3 is 14.8 Å². The molecule has 0 saturated carbocycles. The van der Waals surface area contributed by atoms with Crippen LogP contribution < -0.4 is 10.1 Å². The second kappa shape index (κ2) is 6.35. The lowest BCUT2D eigenvalue weighted by Crippen LogP contribution is -2.33. The first-order valence-corrected chi connectivity index (χ1v) is 6.27. The first-order chi connectivity index (χ1) is 8.81. The molecule has 1 saturated heterocycles. The van der Waals surface area contributed by atoms with Gasteiger partial charge in [0, 0.05) is 24.9 Å². The molecule has 2 heterocycles. The van der Waals surface area contributed by atoms with Crippen LogP contribution in [0.1, 0.15) is 25.3 Å². The van der Waals surface area contributed by atoms with Crippen LogP contribution in [-0.2, 0) is 16.1 Å². The predicted molar refractivity (Wildman–Crippen MR) is 66.2 cm³/mol. The highest BCUT2D eigenvalue weighted by Crippen LogP contribution is 2.15. The molecule has 5 heteroatoms. The monoisotopic (exact) mass is 250 g/mol. The zero-order valence-corrected chi connectivity index (χ0v) is 10.5. The fourth-order valence-electron chi connectivity index (χ4n) is 1.91. The SMILES string of the molecule is CCOc1ncccc1CNC(=O)[C@H]1CCCO1. The smallest absolute Gasteiger partial charge is 0.249 e. The molecule has 1 amide bonds. The van der Waals surface area contributed by atoms with E-state index in [-0.39, 0.29) is 12.0 Å². The molecule has 0 aromatic carbocycles. The van der Waals surface area contributed by atoms with Crippen molar-refractivity contribution in [3.8, 4) is 5.88 Å². The van der Waals surface area contributed by atoms with Crippen molar-refractivity contribution in [3.63, 3.8) is 0 Å². The molecule has 0 spiro atoms. The Kier molecular flexibility index (Phi) is 4.52. The molecule has 1 aromatic heterocycles. The predicted octanol–water partition coefficient (Wildman–Crippen LogP) is 1.28. The maximum atomic E-state index is 11.8. The standard InChI is InChI=1S/C13H18N2O3/c1-2-17-13-10(5-3-7-14-13)9-15-12(16)11-6-4-8-18-11/h3,5,7,11H,2,4,6,8-9H2,1H3,(H,15,16)/t11-/m1/s1. The van der Waals surface area contributed by atoms with Crippen LogP contribution in [0.25, 0.3) is 0 Å². The molecule has 98 valence electrons. The van der Waals surface area contributed by atoms with E-state index in [2.05, 4.69) is 10.3 Å². The number of hydrogen-bond acceptors (Lipinski definition) is 4. The van der Waals surface area contributed by atoms with E-state index in [0.717, 1.165) is 18.4 Å². The lowest BCUT2D eigenvalue weighted by Gasteiger charge is -2.12. The highest BCUT2D eigenvalue weighted by atomic mass is 16.5. The van der Waals surface area contributed by atoms with Gasteiger partial charge in [0.15, 0.2) is 0 Å². The van der Waals surface area contributed by atoms with Crippen LogP contribution in [0.2, 0.25) is 0 Å². The highest BCUT2D eigenvalue weighted by Gasteiger charge is 2.23. The molecule has 1 fully saturated rings. The fraction of sp³-hybridized carbons (Fsp3) is 0.538. The molecular weight excluding hydrogens is 232 g/mol. The van der Waals surface area contributed by atoms with Gasteiger partial charge in [-0.3, -0.25) is 4.79 Å². The Labute approximate surface area is 107 Å². The van der Waals surface area contributed by atoms with Crippen molar-refractivity contribution in [3.05, 3.63) is 23.9 Å². The maximum absolute atomic E-state index is 11.8. The third kappa shape index (κ3) is 3.20. The largest absolute Gasteiger partial charge is 0.478 e. The highest BCUT2D eigenvalue weighted by molar-refractivity contribution is 5.80. The third-order valence-corrected chi connectivity index (χ3v) is 2.81. The molecule has 1 aliphatic rings. The normalized spacial score (nSPS) is 18.6. The fourth-order valence-corrected chi connectivity index (χ4v) is 1.91. The van der Waals surface area contributed by atoms with Gasteiger partial charge in [-0.15, -0.1) is 0 Å². The van der Waals surface area contributed by atoms with E-state index >= 15 is 0 Å². The van der Waals surface area contributed by atoms with Crippen LogP contribution in [0.4, 0.5) is 0 Å². The van der Waals surface area contributed by atoms with Crippen LogP contribution >= 0.6 is 0 Å². The summed E-state index contributed by atoms with van der Waals surface area (Å²) in [7, 11) is 0. The summed E-state index contributed by atoms with van der Waals surface area (Å²) in [6.45, 7) is 3.56. The molecular formula is C13H18N2O3. The van der Waals surface area contributed by atoms with Crippen molar-refractivity contribution in [2.24, 2.45) is 0 Å². The van der Waals surface area contributed by atoms with E-state index < -0.39 is 0 Å². The zero-order chi connectivity index (χ0) is 12.8. The van der Waals surface area contributed by atoms with E-state index in [1.54, 1.807) is 6.20 Å². The summed E-state index contributed by atoms with van der Waals surface area (Å²) in [6, 6.07) is 3.73. The number of nitrogens with zero attached hydrogens (tertiary/aromatic N) is 1. The summed E-state index contributed by atoms with van der Waals surface area (Å²) in [6.07, 6.45) is 3.14. The molecule has 0 bridgehead atoms. The van der Waals surface area contributed by atoms with Gasteiger partial charge in [0.1, 0.15) is 6.10 Å². The molecule has 1 N–H and O–H groups in total. The summed E-state index contributed by atoms with van der Waals surface area (Å²) in [5.41, 5.74) is 0.880. The van der Waals surface area contributed by atoms with Gasteiger partial charge in [0.05, 0.1) is 6.61 Å². The number of amides is 1. The summed E-state index contributed by atoms with van der Waals surface area (Å²) in [5.74, 6) is 0.520.